The van der Waals surface area contributed by atoms with Gasteiger partial charge < -0.3 is 9.84 Å². The van der Waals surface area contributed by atoms with E-state index in [-0.39, 0.29) is 28.8 Å². The SMILES string of the molecule is COC(=O)[C@@H]1CC[C@@H]2[C@@H]3CC=C4C[C@@H](O)CC[C@]4(C)[C@@H]3CC[C@@]21C. The van der Waals surface area contributed by atoms with Crippen molar-refractivity contribution in [1.29, 1.82) is 0 Å². The van der Waals surface area contributed by atoms with Crippen LogP contribution in [0.5, 0.6) is 0 Å². The summed E-state index contributed by atoms with van der Waals surface area (Å²) in [5, 5.41) is 10.1. The second-order valence-corrected chi connectivity index (χ2v) is 9.35. The fraction of sp³-hybridized carbons (Fsp3) is 0.857. The lowest BCUT2D eigenvalue weighted by Gasteiger charge is -2.57. The second-order valence-electron chi connectivity index (χ2n) is 9.35. The minimum Gasteiger partial charge on any atom is -0.469 e. The molecule has 0 radical (unpaired) electrons. The number of rotatable bonds is 1. The van der Waals surface area contributed by atoms with Crippen LogP contribution in [-0.4, -0.2) is 24.3 Å². The molecular formula is C21H32O3. The van der Waals surface area contributed by atoms with E-state index in [9.17, 15) is 9.90 Å². The molecule has 3 fully saturated rings. The first-order valence-electron chi connectivity index (χ1n) is 9.85. The number of allylic oxidation sites excluding steroid dienone is 1. The Morgan fingerprint density at radius 3 is 2.71 bits per heavy atom. The number of fused-ring (bicyclic) bond motifs is 5. The first-order valence-corrected chi connectivity index (χ1v) is 9.85. The van der Waals surface area contributed by atoms with Crippen molar-refractivity contribution >= 4 is 5.97 Å². The third-order valence-corrected chi connectivity index (χ3v) is 8.56. The molecule has 7 atom stereocenters. The maximum Gasteiger partial charge on any atom is 0.309 e. The number of methoxy groups -OCH3 is 1. The number of carbonyl (C=O) groups is 1. The van der Waals surface area contributed by atoms with Gasteiger partial charge in [-0.1, -0.05) is 25.5 Å². The Morgan fingerprint density at radius 2 is 1.96 bits per heavy atom. The number of hydrogen-bond donors (Lipinski definition) is 1. The maximum absolute atomic E-state index is 12.3. The Hall–Kier alpha value is -0.830. The lowest BCUT2D eigenvalue weighted by Crippen LogP contribution is -2.51. The molecule has 4 rings (SSSR count). The van der Waals surface area contributed by atoms with Crippen molar-refractivity contribution in [2.75, 3.05) is 7.11 Å². The summed E-state index contributed by atoms with van der Waals surface area (Å²) < 4.78 is 5.12. The zero-order valence-corrected chi connectivity index (χ0v) is 15.4. The molecule has 134 valence electrons. The molecule has 0 unspecified atom stereocenters. The third-order valence-electron chi connectivity index (χ3n) is 8.56. The molecule has 3 heteroatoms. The van der Waals surface area contributed by atoms with Crippen molar-refractivity contribution < 1.29 is 14.6 Å². The molecule has 1 N–H and O–H groups in total. The fourth-order valence-electron chi connectivity index (χ4n) is 7.17. The van der Waals surface area contributed by atoms with Gasteiger partial charge in [0, 0.05) is 0 Å². The Kier molecular flexibility index (Phi) is 3.87. The molecule has 3 nitrogen and oxygen atoms in total. The Morgan fingerprint density at radius 1 is 1.17 bits per heavy atom. The van der Waals surface area contributed by atoms with Crippen LogP contribution in [0.3, 0.4) is 0 Å². The van der Waals surface area contributed by atoms with Crippen molar-refractivity contribution in [3.63, 3.8) is 0 Å². The summed E-state index contributed by atoms with van der Waals surface area (Å²) in [4.78, 5) is 12.3. The fourth-order valence-corrected chi connectivity index (χ4v) is 7.17. The molecule has 0 aromatic rings. The van der Waals surface area contributed by atoms with Crippen molar-refractivity contribution in [3.05, 3.63) is 11.6 Å². The van der Waals surface area contributed by atoms with E-state index in [1.807, 2.05) is 0 Å². The zero-order valence-electron chi connectivity index (χ0n) is 15.4. The van der Waals surface area contributed by atoms with Crippen molar-refractivity contribution in [2.45, 2.75) is 71.3 Å². The van der Waals surface area contributed by atoms with E-state index in [1.165, 1.54) is 25.5 Å². The van der Waals surface area contributed by atoms with Gasteiger partial charge in [-0.2, -0.15) is 0 Å². The van der Waals surface area contributed by atoms with E-state index >= 15 is 0 Å². The first kappa shape index (κ1) is 16.6. The van der Waals surface area contributed by atoms with E-state index in [4.69, 9.17) is 4.74 Å². The summed E-state index contributed by atoms with van der Waals surface area (Å²) >= 11 is 0. The highest BCUT2D eigenvalue weighted by Crippen LogP contribution is 2.66. The molecule has 0 heterocycles. The Bertz CT molecular complexity index is 567. The topological polar surface area (TPSA) is 46.5 Å². The number of esters is 1. The second kappa shape index (κ2) is 5.59. The van der Waals surface area contributed by atoms with Gasteiger partial charge >= 0.3 is 5.97 Å². The number of ether oxygens (including phenoxy) is 1. The Labute approximate surface area is 145 Å². The van der Waals surface area contributed by atoms with E-state index in [1.54, 1.807) is 0 Å². The van der Waals surface area contributed by atoms with Crippen LogP contribution in [0.1, 0.15) is 65.2 Å². The van der Waals surface area contributed by atoms with Crippen molar-refractivity contribution in [1.82, 2.24) is 0 Å². The van der Waals surface area contributed by atoms with Gasteiger partial charge in [0.2, 0.25) is 0 Å². The van der Waals surface area contributed by atoms with Crippen molar-refractivity contribution in [2.24, 2.45) is 34.5 Å². The normalized spacial score (nSPS) is 50.3. The van der Waals surface area contributed by atoms with Crippen LogP contribution in [0.15, 0.2) is 11.6 Å². The van der Waals surface area contributed by atoms with Crippen LogP contribution in [0.4, 0.5) is 0 Å². The maximum atomic E-state index is 12.3. The minimum atomic E-state index is -0.134. The van der Waals surface area contributed by atoms with Gasteiger partial charge in [-0.05, 0) is 80.0 Å². The van der Waals surface area contributed by atoms with E-state index in [0.29, 0.717) is 11.8 Å². The van der Waals surface area contributed by atoms with Gasteiger partial charge in [0.05, 0.1) is 19.1 Å². The molecule has 4 aliphatic carbocycles. The number of aliphatic hydroxyl groups excluding tert-OH is 1. The summed E-state index contributed by atoms with van der Waals surface area (Å²) in [7, 11) is 1.54. The third kappa shape index (κ3) is 2.16. The highest BCUT2D eigenvalue weighted by atomic mass is 16.5. The summed E-state index contributed by atoms with van der Waals surface area (Å²) in [6, 6.07) is 0. The van der Waals surface area contributed by atoms with Gasteiger partial charge in [0.1, 0.15) is 0 Å². The van der Waals surface area contributed by atoms with Crippen LogP contribution >= 0.6 is 0 Å². The number of hydrogen-bond acceptors (Lipinski definition) is 3. The van der Waals surface area contributed by atoms with Gasteiger partial charge in [0.15, 0.2) is 0 Å². The molecule has 0 bridgehead atoms. The van der Waals surface area contributed by atoms with E-state index in [0.717, 1.165) is 44.4 Å². The highest BCUT2D eigenvalue weighted by molar-refractivity contribution is 5.73. The molecule has 3 saturated carbocycles. The molecule has 0 aliphatic heterocycles. The summed E-state index contributed by atoms with van der Waals surface area (Å²) in [5.74, 6) is 2.21. The molecule has 0 aromatic carbocycles. The average Bonchev–Trinajstić information content (AvgIpc) is 2.92. The quantitative estimate of drug-likeness (QED) is 0.581. The van der Waals surface area contributed by atoms with E-state index in [2.05, 4.69) is 19.9 Å². The van der Waals surface area contributed by atoms with Gasteiger partial charge in [0.25, 0.3) is 0 Å². The van der Waals surface area contributed by atoms with Crippen LogP contribution in [-0.2, 0) is 9.53 Å². The monoisotopic (exact) mass is 332 g/mol. The number of aliphatic hydroxyl groups is 1. The average molecular weight is 332 g/mol. The van der Waals surface area contributed by atoms with Crippen molar-refractivity contribution in [3.8, 4) is 0 Å². The van der Waals surface area contributed by atoms with Gasteiger partial charge in [-0.3, -0.25) is 4.79 Å². The van der Waals surface area contributed by atoms with Crippen LogP contribution in [0, 0.1) is 34.5 Å². The van der Waals surface area contributed by atoms with Crippen LogP contribution in [0.2, 0.25) is 0 Å². The Balaban J connectivity index is 1.64. The smallest absolute Gasteiger partial charge is 0.309 e. The largest absolute Gasteiger partial charge is 0.469 e. The molecule has 0 saturated heterocycles. The predicted octanol–water partition coefficient (Wildman–Crippen LogP) is 4.10. The summed E-state index contributed by atoms with van der Waals surface area (Å²) in [6.45, 7) is 4.81. The van der Waals surface area contributed by atoms with E-state index < -0.39 is 0 Å². The molecule has 0 spiro atoms. The summed E-state index contributed by atoms with van der Waals surface area (Å²) in [5.41, 5.74) is 1.94. The minimum absolute atomic E-state index is 0.0116. The zero-order chi connectivity index (χ0) is 17.1. The standard InChI is InChI=1S/C21H32O3/c1-20-10-8-14(22)12-13(20)4-5-15-16-6-7-18(19(23)24-3)21(16,2)11-9-17(15)20/h4,14-18,22H,5-12H2,1-3H3/t14-,15-,16+,17+,18-,20-,21-/m0/s1. The molecule has 0 aromatic heterocycles. The van der Waals surface area contributed by atoms with Gasteiger partial charge in [-0.15, -0.1) is 0 Å². The van der Waals surface area contributed by atoms with Gasteiger partial charge in [-0.25, -0.2) is 0 Å². The molecule has 4 aliphatic rings. The molecule has 24 heavy (non-hydrogen) atoms. The highest BCUT2D eigenvalue weighted by Gasteiger charge is 2.60. The van der Waals surface area contributed by atoms with Crippen LogP contribution in [0.25, 0.3) is 0 Å². The lowest BCUT2D eigenvalue weighted by atomic mass is 9.47. The lowest BCUT2D eigenvalue weighted by molar-refractivity contribution is -0.152. The first-order chi connectivity index (χ1) is 11.4. The molecular weight excluding hydrogens is 300 g/mol. The number of carbonyl (C=O) groups excluding carboxylic acids is 1. The molecule has 0 amide bonds. The predicted molar refractivity (Wildman–Crippen MR) is 93.2 cm³/mol. The summed E-state index contributed by atoms with van der Waals surface area (Å²) in [6.07, 6.45) is 11.0. The van der Waals surface area contributed by atoms with Crippen LogP contribution < -0.4 is 0 Å².